The maximum absolute atomic E-state index is 11.2. The van der Waals surface area contributed by atoms with Crippen LogP contribution in [-0.4, -0.2) is 29.9 Å². The van der Waals surface area contributed by atoms with Gasteiger partial charge in [0.1, 0.15) is 0 Å². The number of aryl methyl sites for hydroxylation is 1. The summed E-state index contributed by atoms with van der Waals surface area (Å²) in [6.07, 6.45) is 1.06. The van der Waals surface area contributed by atoms with Crippen LogP contribution in [0.25, 0.3) is 0 Å². The number of nitrogens with zero attached hydrogens (tertiary/aromatic N) is 1. The van der Waals surface area contributed by atoms with Gasteiger partial charge in [0.25, 0.3) is 0 Å². The molecular formula is C14H20N2O. The van der Waals surface area contributed by atoms with Gasteiger partial charge in [0, 0.05) is 32.6 Å². The summed E-state index contributed by atoms with van der Waals surface area (Å²) in [7, 11) is 0. The van der Waals surface area contributed by atoms with Crippen LogP contribution >= 0.6 is 0 Å². The van der Waals surface area contributed by atoms with Crippen LogP contribution < -0.4 is 5.32 Å². The number of nitrogens with one attached hydrogen (secondary N) is 1. The molecule has 0 radical (unpaired) electrons. The second kappa shape index (κ2) is 5.32. The van der Waals surface area contributed by atoms with Gasteiger partial charge in [-0.15, -0.1) is 0 Å². The third-order valence-corrected chi connectivity index (χ3v) is 3.35. The second-order valence-corrected chi connectivity index (χ2v) is 4.82. The fourth-order valence-electron chi connectivity index (χ4n) is 2.18. The van der Waals surface area contributed by atoms with Gasteiger partial charge < -0.3 is 10.2 Å². The Bertz CT molecular complexity index is 386. The molecule has 1 aromatic carbocycles. The van der Waals surface area contributed by atoms with E-state index < -0.39 is 0 Å². The average molecular weight is 232 g/mol. The van der Waals surface area contributed by atoms with Gasteiger partial charge in [0.2, 0.25) is 5.91 Å². The van der Waals surface area contributed by atoms with E-state index in [1.165, 1.54) is 11.1 Å². The molecule has 1 saturated heterocycles. The van der Waals surface area contributed by atoms with Crippen molar-refractivity contribution in [1.29, 1.82) is 0 Å². The second-order valence-electron chi connectivity index (χ2n) is 4.82. The van der Waals surface area contributed by atoms with Crippen LogP contribution in [0.1, 0.15) is 24.5 Å². The minimum atomic E-state index is 0.185. The normalized spacial score (nSPS) is 19.6. The summed E-state index contributed by atoms with van der Waals surface area (Å²) in [6, 6.07) is 9.02. The van der Waals surface area contributed by atoms with Crippen LogP contribution in [0.15, 0.2) is 24.3 Å². The Morgan fingerprint density at radius 2 is 2.12 bits per heavy atom. The third-order valence-electron chi connectivity index (χ3n) is 3.35. The van der Waals surface area contributed by atoms with Crippen molar-refractivity contribution in [2.24, 2.45) is 0 Å². The molecule has 92 valence electrons. The molecule has 1 aromatic rings. The molecule has 1 fully saturated rings. The van der Waals surface area contributed by atoms with E-state index in [9.17, 15) is 4.79 Å². The van der Waals surface area contributed by atoms with Crippen molar-refractivity contribution in [3.63, 3.8) is 0 Å². The zero-order valence-electron chi connectivity index (χ0n) is 10.6. The average Bonchev–Trinajstić information content (AvgIpc) is 2.77. The van der Waals surface area contributed by atoms with Gasteiger partial charge >= 0.3 is 0 Å². The Hall–Kier alpha value is -1.35. The lowest BCUT2D eigenvalue weighted by Gasteiger charge is -2.15. The summed E-state index contributed by atoms with van der Waals surface area (Å²) < 4.78 is 0. The number of likely N-dealkylation sites (tertiary alicyclic amines) is 1. The Kier molecular flexibility index (Phi) is 3.79. The topological polar surface area (TPSA) is 32.3 Å². The van der Waals surface area contributed by atoms with Gasteiger partial charge in [-0.05, 0) is 18.9 Å². The standard InChI is InChI=1S/C14H20N2O/c1-11-3-5-13(6-4-11)9-15-14-7-8-16(10-14)12(2)17/h3-6,14-15H,7-10H2,1-2H3. The van der Waals surface area contributed by atoms with Crippen LogP contribution in [0.5, 0.6) is 0 Å². The Morgan fingerprint density at radius 3 is 2.71 bits per heavy atom. The van der Waals surface area contributed by atoms with Crippen molar-refractivity contribution in [3.8, 4) is 0 Å². The van der Waals surface area contributed by atoms with Crippen molar-refractivity contribution in [3.05, 3.63) is 35.4 Å². The number of rotatable bonds is 3. The number of hydrogen-bond acceptors (Lipinski definition) is 2. The van der Waals surface area contributed by atoms with E-state index in [1.807, 2.05) is 4.90 Å². The van der Waals surface area contributed by atoms with E-state index in [-0.39, 0.29) is 5.91 Å². The maximum Gasteiger partial charge on any atom is 0.219 e. The lowest BCUT2D eigenvalue weighted by molar-refractivity contribution is -0.127. The molecule has 0 saturated carbocycles. The van der Waals surface area contributed by atoms with Crippen molar-refractivity contribution in [1.82, 2.24) is 10.2 Å². The number of amides is 1. The maximum atomic E-state index is 11.2. The van der Waals surface area contributed by atoms with Crippen molar-refractivity contribution >= 4 is 5.91 Å². The highest BCUT2D eigenvalue weighted by molar-refractivity contribution is 5.73. The molecule has 3 nitrogen and oxygen atoms in total. The van der Waals surface area contributed by atoms with Crippen LogP contribution in [0.2, 0.25) is 0 Å². The summed E-state index contributed by atoms with van der Waals surface area (Å²) >= 11 is 0. The summed E-state index contributed by atoms with van der Waals surface area (Å²) in [5, 5.41) is 3.51. The summed E-state index contributed by atoms with van der Waals surface area (Å²) in [5.41, 5.74) is 2.59. The van der Waals surface area contributed by atoms with Gasteiger partial charge in [0.05, 0.1) is 0 Å². The van der Waals surface area contributed by atoms with E-state index in [0.717, 1.165) is 26.1 Å². The molecule has 1 N–H and O–H groups in total. The summed E-state index contributed by atoms with van der Waals surface area (Å²) in [6.45, 7) is 6.36. The highest BCUT2D eigenvalue weighted by Crippen LogP contribution is 2.10. The number of carbonyl (C=O) groups is 1. The molecule has 1 atom stereocenters. The third kappa shape index (κ3) is 3.30. The predicted molar refractivity (Wildman–Crippen MR) is 68.7 cm³/mol. The van der Waals surface area contributed by atoms with Crippen LogP contribution in [-0.2, 0) is 11.3 Å². The molecule has 0 spiro atoms. The minimum absolute atomic E-state index is 0.185. The molecule has 2 rings (SSSR count). The van der Waals surface area contributed by atoms with Gasteiger partial charge in [-0.1, -0.05) is 29.8 Å². The Labute approximate surface area is 103 Å². The zero-order chi connectivity index (χ0) is 12.3. The van der Waals surface area contributed by atoms with Gasteiger partial charge in [0.15, 0.2) is 0 Å². The quantitative estimate of drug-likeness (QED) is 0.860. The molecule has 0 bridgehead atoms. The fraction of sp³-hybridized carbons (Fsp3) is 0.500. The lowest BCUT2D eigenvalue weighted by Crippen LogP contribution is -2.33. The van der Waals surface area contributed by atoms with Crippen LogP contribution in [0, 0.1) is 6.92 Å². The Balaban J connectivity index is 1.80. The molecule has 3 heteroatoms. The first kappa shape index (κ1) is 12.1. The van der Waals surface area contributed by atoms with Crippen molar-refractivity contribution < 1.29 is 4.79 Å². The van der Waals surface area contributed by atoms with Crippen molar-refractivity contribution in [2.75, 3.05) is 13.1 Å². The number of carbonyl (C=O) groups excluding carboxylic acids is 1. The minimum Gasteiger partial charge on any atom is -0.341 e. The molecule has 0 aromatic heterocycles. The van der Waals surface area contributed by atoms with Gasteiger partial charge in [-0.3, -0.25) is 4.79 Å². The predicted octanol–water partition coefficient (Wildman–Crippen LogP) is 1.71. The smallest absolute Gasteiger partial charge is 0.219 e. The zero-order valence-corrected chi connectivity index (χ0v) is 10.6. The number of benzene rings is 1. The highest BCUT2D eigenvalue weighted by atomic mass is 16.2. The number of hydrogen-bond donors (Lipinski definition) is 1. The highest BCUT2D eigenvalue weighted by Gasteiger charge is 2.23. The lowest BCUT2D eigenvalue weighted by atomic mass is 10.1. The molecule has 1 amide bonds. The molecule has 1 aliphatic rings. The Morgan fingerprint density at radius 1 is 1.41 bits per heavy atom. The van der Waals surface area contributed by atoms with E-state index in [4.69, 9.17) is 0 Å². The monoisotopic (exact) mass is 232 g/mol. The van der Waals surface area contributed by atoms with Crippen molar-refractivity contribution in [2.45, 2.75) is 32.9 Å². The van der Waals surface area contributed by atoms with E-state index in [2.05, 4.69) is 36.5 Å². The molecule has 0 aliphatic carbocycles. The molecule has 1 heterocycles. The summed E-state index contributed by atoms with van der Waals surface area (Å²) in [5.74, 6) is 0.185. The largest absolute Gasteiger partial charge is 0.341 e. The van der Waals surface area contributed by atoms with Gasteiger partial charge in [-0.2, -0.15) is 0 Å². The van der Waals surface area contributed by atoms with E-state index >= 15 is 0 Å². The van der Waals surface area contributed by atoms with Crippen LogP contribution in [0.3, 0.4) is 0 Å². The summed E-state index contributed by atoms with van der Waals surface area (Å²) in [4.78, 5) is 13.1. The first-order chi connectivity index (χ1) is 8.15. The SMILES string of the molecule is CC(=O)N1CCC(NCc2ccc(C)cc2)C1. The fourth-order valence-corrected chi connectivity index (χ4v) is 2.18. The van der Waals surface area contributed by atoms with Crippen LogP contribution in [0.4, 0.5) is 0 Å². The van der Waals surface area contributed by atoms with Gasteiger partial charge in [-0.25, -0.2) is 0 Å². The van der Waals surface area contributed by atoms with E-state index in [0.29, 0.717) is 6.04 Å². The molecule has 17 heavy (non-hydrogen) atoms. The molecule has 1 aliphatic heterocycles. The molecular weight excluding hydrogens is 212 g/mol. The first-order valence-corrected chi connectivity index (χ1v) is 6.19. The first-order valence-electron chi connectivity index (χ1n) is 6.19. The van der Waals surface area contributed by atoms with E-state index in [1.54, 1.807) is 6.92 Å². The molecule has 1 unspecified atom stereocenters.